The second-order valence-electron chi connectivity index (χ2n) is 3.29. The second kappa shape index (κ2) is 3.94. The lowest BCUT2D eigenvalue weighted by Gasteiger charge is -1.99. The first kappa shape index (κ1) is 10.6. The van der Waals surface area contributed by atoms with Crippen LogP contribution in [0.4, 0.5) is 5.00 Å². The van der Waals surface area contributed by atoms with Crippen LogP contribution in [0.3, 0.4) is 0 Å². The van der Waals surface area contributed by atoms with Crippen LogP contribution in [0.1, 0.15) is 17.3 Å². The van der Waals surface area contributed by atoms with E-state index in [2.05, 4.69) is 5.32 Å². The first-order valence-electron chi connectivity index (χ1n) is 4.62. The maximum Gasteiger partial charge on any atom is 0.339 e. The highest BCUT2D eigenvalue weighted by Crippen LogP contribution is 2.35. The molecule has 1 heterocycles. The zero-order valence-corrected chi connectivity index (χ0v) is 9.30. The SMILES string of the molecule is CC(=O)Nc1sc2ccccc2c1C(=O)O. The van der Waals surface area contributed by atoms with Gasteiger partial charge in [-0.2, -0.15) is 0 Å². The molecule has 0 spiro atoms. The average molecular weight is 235 g/mol. The third-order valence-electron chi connectivity index (χ3n) is 2.10. The van der Waals surface area contributed by atoms with Crippen LogP contribution in [0.5, 0.6) is 0 Å². The van der Waals surface area contributed by atoms with Gasteiger partial charge in [0.05, 0.1) is 0 Å². The summed E-state index contributed by atoms with van der Waals surface area (Å²) < 4.78 is 0.851. The van der Waals surface area contributed by atoms with Crippen molar-refractivity contribution in [3.05, 3.63) is 29.8 Å². The minimum atomic E-state index is -1.03. The molecule has 1 aromatic heterocycles. The van der Waals surface area contributed by atoms with E-state index < -0.39 is 5.97 Å². The fourth-order valence-electron chi connectivity index (χ4n) is 1.51. The molecule has 16 heavy (non-hydrogen) atoms. The number of fused-ring (bicyclic) bond motifs is 1. The van der Waals surface area contributed by atoms with Gasteiger partial charge in [0, 0.05) is 17.0 Å². The van der Waals surface area contributed by atoms with E-state index in [0.717, 1.165) is 4.70 Å². The number of carbonyl (C=O) groups excluding carboxylic acids is 1. The number of thiophene rings is 1. The monoisotopic (exact) mass is 235 g/mol. The maximum absolute atomic E-state index is 11.1. The summed E-state index contributed by atoms with van der Waals surface area (Å²) in [6.07, 6.45) is 0. The number of anilines is 1. The topological polar surface area (TPSA) is 66.4 Å². The molecule has 0 aliphatic rings. The Bertz CT molecular complexity index is 574. The fourth-order valence-corrected chi connectivity index (χ4v) is 2.65. The van der Waals surface area contributed by atoms with Crippen LogP contribution in [0.2, 0.25) is 0 Å². The van der Waals surface area contributed by atoms with Gasteiger partial charge < -0.3 is 10.4 Å². The molecule has 2 N–H and O–H groups in total. The third kappa shape index (κ3) is 1.77. The highest BCUT2D eigenvalue weighted by Gasteiger charge is 2.18. The number of carbonyl (C=O) groups is 2. The van der Waals surface area contributed by atoms with Gasteiger partial charge in [0.1, 0.15) is 10.6 Å². The molecule has 5 heteroatoms. The lowest BCUT2D eigenvalue weighted by atomic mass is 10.1. The zero-order valence-electron chi connectivity index (χ0n) is 8.48. The molecule has 0 saturated carbocycles. The van der Waals surface area contributed by atoms with Crippen molar-refractivity contribution in [1.29, 1.82) is 0 Å². The number of nitrogens with one attached hydrogen (secondary N) is 1. The Balaban J connectivity index is 2.68. The van der Waals surface area contributed by atoms with E-state index in [1.165, 1.54) is 18.3 Å². The molecule has 82 valence electrons. The summed E-state index contributed by atoms with van der Waals surface area (Å²) in [6, 6.07) is 7.18. The lowest BCUT2D eigenvalue weighted by molar-refractivity contribution is -0.114. The Morgan fingerprint density at radius 1 is 1.31 bits per heavy atom. The van der Waals surface area contributed by atoms with E-state index in [-0.39, 0.29) is 11.5 Å². The molecule has 0 bridgehead atoms. The first-order valence-corrected chi connectivity index (χ1v) is 5.43. The van der Waals surface area contributed by atoms with E-state index in [1.807, 2.05) is 12.1 Å². The van der Waals surface area contributed by atoms with E-state index in [4.69, 9.17) is 5.11 Å². The minimum Gasteiger partial charge on any atom is -0.478 e. The molecule has 2 rings (SSSR count). The van der Waals surface area contributed by atoms with E-state index in [0.29, 0.717) is 10.4 Å². The lowest BCUT2D eigenvalue weighted by Crippen LogP contribution is -2.08. The molecule has 1 amide bonds. The predicted octanol–water partition coefficient (Wildman–Crippen LogP) is 2.56. The van der Waals surface area contributed by atoms with Crippen LogP contribution in [-0.2, 0) is 4.79 Å². The van der Waals surface area contributed by atoms with Crippen molar-refractivity contribution in [2.75, 3.05) is 5.32 Å². The number of hydrogen-bond donors (Lipinski definition) is 2. The zero-order chi connectivity index (χ0) is 11.7. The summed E-state index contributed by atoms with van der Waals surface area (Å²) >= 11 is 1.27. The summed E-state index contributed by atoms with van der Waals surface area (Å²) in [7, 11) is 0. The first-order chi connectivity index (χ1) is 7.59. The van der Waals surface area contributed by atoms with Gasteiger partial charge in [0.2, 0.25) is 5.91 Å². The minimum absolute atomic E-state index is 0.163. The van der Waals surface area contributed by atoms with Gasteiger partial charge >= 0.3 is 5.97 Å². The Hall–Kier alpha value is -1.88. The van der Waals surface area contributed by atoms with Crippen molar-refractivity contribution in [2.24, 2.45) is 0 Å². The number of hydrogen-bond acceptors (Lipinski definition) is 3. The maximum atomic E-state index is 11.1. The predicted molar refractivity (Wildman–Crippen MR) is 63.1 cm³/mol. The molecule has 0 fully saturated rings. The summed E-state index contributed by atoms with van der Waals surface area (Å²) in [5.74, 6) is -1.30. The van der Waals surface area contributed by atoms with Crippen LogP contribution in [0.15, 0.2) is 24.3 Å². The van der Waals surface area contributed by atoms with Crippen molar-refractivity contribution >= 4 is 38.3 Å². The molecule has 0 saturated heterocycles. The normalized spacial score (nSPS) is 10.3. The second-order valence-corrected chi connectivity index (χ2v) is 4.34. The van der Waals surface area contributed by atoms with Crippen molar-refractivity contribution in [2.45, 2.75) is 6.92 Å². The smallest absolute Gasteiger partial charge is 0.339 e. The average Bonchev–Trinajstić information content (AvgIpc) is 2.53. The van der Waals surface area contributed by atoms with Crippen LogP contribution in [0.25, 0.3) is 10.1 Å². The number of amides is 1. The quantitative estimate of drug-likeness (QED) is 0.840. The number of carboxylic acid groups (broad SMARTS) is 1. The van der Waals surface area contributed by atoms with E-state index in [9.17, 15) is 9.59 Å². The molecular weight excluding hydrogens is 226 g/mol. The molecule has 0 unspecified atom stereocenters. The van der Waals surface area contributed by atoms with Gasteiger partial charge in [-0.25, -0.2) is 4.79 Å². The molecule has 0 atom stereocenters. The molecule has 0 aliphatic heterocycles. The molecule has 2 aromatic rings. The van der Waals surface area contributed by atoms with Gasteiger partial charge in [0.15, 0.2) is 0 Å². The number of aromatic carboxylic acids is 1. The largest absolute Gasteiger partial charge is 0.478 e. The fraction of sp³-hybridized carbons (Fsp3) is 0.0909. The van der Waals surface area contributed by atoms with Crippen LogP contribution >= 0.6 is 11.3 Å². The van der Waals surface area contributed by atoms with E-state index >= 15 is 0 Å². The van der Waals surface area contributed by atoms with Crippen molar-refractivity contribution < 1.29 is 14.7 Å². The number of benzene rings is 1. The highest BCUT2D eigenvalue weighted by atomic mass is 32.1. The van der Waals surface area contributed by atoms with Crippen LogP contribution in [-0.4, -0.2) is 17.0 Å². The Morgan fingerprint density at radius 3 is 2.62 bits per heavy atom. The molecular formula is C11H9NO3S. The van der Waals surface area contributed by atoms with Crippen LogP contribution in [0, 0.1) is 0 Å². The summed E-state index contributed by atoms with van der Waals surface area (Å²) in [4.78, 5) is 22.1. The van der Waals surface area contributed by atoms with Crippen LogP contribution < -0.4 is 5.32 Å². The Kier molecular flexibility index (Phi) is 2.62. The number of rotatable bonds is 2. The van der Waals surface area contributed by atoms with Gasteiger partial charge in [-0.05, 0) is 6.07 Å². The van der Waals surface area contributed by atoms with Gasteiger partial charge in [-0.1, -0.05) is 18.2 Å². The Labute approximate surface area is 95.5 Å². The molecule has 0 radical (unpaired) electrons. The van der Waals surface area contributed by atoms with Gasteiger partial charge in [-0.15, -0.1) is 11.3 Å². The molecule has 0 aliphatic carbocycles. The summed E-state index contributed by atoms with van der Waals surface area (Å²) in [5, 5.41) is 12.7. The van der Waals surface area contributed by atoms with E-state index in [1.54, 1.807) is 12.1 Å². The van der Waals surface area contributed by atoms with Crippen molar-refractivity contribution in [1.82, 2.24) is 0 Å². The van der Waals surface area contributed by atoms with Crippen molar-refractivity contribution in [3.8, 4) is 0 Å². The van der Waals surface area contributed by atoms with Crippen molar-refractivity contribution in [3.63, 3.8) is 0 Å². The summed E-state index contributed by atoms with van der Waals surface area (Å²) in [6.45, 7) is 1.36. The number of carboxylic acids is 1. The summed E-state index contributed by atoms with van der Waals surface area (Å²) in [5.41, 5.74) is 0.163. The standard InChI is InChI=1S/C11H9NO3S/c1-6(13)12-10-9(11(14)15)7-4-2-3-5-8(7)16-10/h2-5H,1H3,(H,12,13)(H,14,15). The Morgan fingerprint density at radius 2 is 2.00 bits per heavy atom. The highest BCUT2D eigenvalue weighted by molar-refractivity contribution is 7.23. The molecule has 4 nitrogen and oxygen atoms in total. The third-order valence-corrected chi connectivity index (χ3v) is 3.19. The molecule has 1 aromatic carbocycles. The van der Waals surface area contributed by atoms with Gasteiger partial charge in [-0.3, -0.25) is 4.79 Å². The van der Waals surface area contributed by atoms with Gasteiger partial charge in [0.25, 0.3) is 0 Å².